The van der Waals surface area contributed by atoms with Gasteiger partial charge in [-0.25, -0.2) is 13.6 Å². The number of rotatable bonds is 4. The fraction of sp³-hybridized carbons (Fsp3) is 0.143. The van der Waals surface area contributed by atoms with Crippen LogP contribution < -0.4 is 10.9 Å². The van der Waals surface area contributed by atoms with Gasteiger partial charge in [-0.15, -0.1) is 0 Å². The molecule has 0 saturated carbocycles. The molecule has 0 saturated heterocycles. The number of halogens is 1. The standard InChI is InChI=1S/C21H18FN5O2/c1-13-3-4-14(2)17(9-13)18-10-19-21(29)26(23-12-27(19)25-18)11-20(28)24-16-7-5-15(22)6-8-16/h3-10,12H,11H2,1-2H3,(H,24,28). The van der Waals surface area contributed by atoms with E-state index >= 15 is 0 Å². The second-order valence-corrected chi connectivity index (χ2v) is 6.83. The third-order valence-electron chi connectivity index (χ3n) is 4.58. The van der Waals surface area contributed by atoms with Crippen LogP contribution in [0.4, 0.5) is 10.1 Å². The maximum atomic E-state index is 13.0. The predicted molar refractivity (Wildman–Crippen MR) is 107 cm³/mol. The number of fused-ring (bicyclic) bond motifs is 1. The third-order valence-corrected chi connectivity index (χ3v) is 4.58. The third kappa shape index (κ3) is 3.77. The number of benzene rings is 2. The summed E-state index contributed by atoms with van der Waals surface area (Å²) < 4.78 is 15.5. The van der Waals surface area contributed by atoms with Gasteiger partial charge in [0.05, 0.1) is 5.69 Å². The first kappa shape index (κ1) is 18.5. The van der Waals surface area contributed by atoms with Crippen molar-refractivity contribution in [2.24, 2.45) is 0 Å². The average molecular weight is 391 g/mol. The van der Waals surface area contributed by atoms with E-state index in [-0.39, 0.29) is 6.54 Å². The zero-order valence-corrected chi connectivity index (χ0v) is 15.9. The van der Waals surface area contributed by atoms with Crippen LogP contribution in [0.2, 0.25) is 0 Å². The molecular weight excluding hydrogens is 373 g/mol. The summed E-state index contributed by atoms with van der Waals surface area (Å²) in [5.41, 5.74) is 4.08. The lowest BCUT2D eigenvalue weighted by Crippen LogP contribution is -2.30. The van der Waals surface area contributed by atoms with Gasteiger partial charge in [-0.3, -0.25) is 9.59 Å². The predicted octanol–water partition coefficient (Wildman–Crippen LogP) is 2.95. The van der Waals surface area contributed by atoms with Crippen LogP contribution in [0.3, 0.4) is 0 Å². The zero-order chi connectivity index (χ0) is 20.5. The molecule has 0 bridgehead atoms. The molecule has 2 aromatic heterocycles. The van der Waals surface area contributed by atoms with E-state index in [1.54, 1.807) is 6.07 Å². The summed E-state index contributed by atoms with van der Waals surface area (Å²) in [7, 11) is 0. The Morgan fingerprint density at radius 2 is 1.86 bits per heavy atom. The van der Waals surface area contributed by atoms with Crippen molar-refractivity contribution < 1.29 is 9.18 Å². The molecule has 0 aliphatic carbocycles. The lowest BCUT2D eigenvalue weighted by molar-refractivity contribution is -0.117. The van der Waals surface area contributed by atoms with Gasteiger partial charge in [0.25, 0.3) is 5.56 Å². The number of aryl methyl sites for hydroxylation is 2. The van der Waals surface area contributed by atoms with Crippen molar-refractivity contribution in [1.82, 2.24) is 19.4 Å². The smallest absolute Gasteiger partial charge is 0.293 e. The number of carbonyl (C=O) groups is 1. The normalized spacial score (nSPS) is 11.0. The lowest BCUT2D eigenvalue weighted by Gasteiger charge is -2.06. The Hall–Kier alpha value is -3.81. The summed E-state index contributed by atoms with van der Waals surface area (Å²) in [5, 5.41) is 11.1. The molecule has 0 spiro atoms. The Labute approximate surface area is 165 Å². The number of amides is 1. The Bertz CT molecular complexity index is 1270. The van der Waals surface area contributed by atoms with Crippen LogP contribution in [-0.4, -0.2) is 25.3 Å². The molecule has 4 aromatic rings. The summed E-state index contributed by atoms with van der Waals surface area (Å²) in [6.45, 7) is 3.71. The molecule has 0 atom stereocenters. The van der Waals surface area contributed by atoms with Gasteiger partial charge in [0.15, 0.2) is 0 Å². The van der Waals surface area contributed by atoms with E-state index in [1.807, 2.05) is 32.0 Å². The molecule has 4 rings (SSSR count). The van der Waals surface area contributed by atoms with E-state index in [0.29, 0.717) is 16.9 Å². The van der Waals surface area contributed by atoms with E-state index < -0.39 is 17.3 Å². The minimum atomic E-state index is -0.440. The summed E-state index contributed by atoms with van der Waals surface area (Å²) in [6.07, 6.45) is 1.40. The van der Waals surface area contributed by atoms with Gasteiger partial charge in [-0.2, -0.15) is 10.2 Å². The first-order chi connectivity index (χ1) is 13.9. The number of anilines is 1. The highest BCUT2D eigenvalue weighted by Crippen LogP contribution is 2.23. The van der Waals surface area contributed by atoms with Gasteiger partial charge in [0.2, 0.25) is 5.91 Å². The quantitative estimate of drug-likeness (QED) is 0.580. The van der Waals surface area contributed by atoms with Crippen LogP contribution in [0.15, 0.2) is 59.7 Å². The first-order valence-electron chi connectivity index (χ1n) is 8.99. The highest BCUT2D eigenvalue weighted by molar-refractivity contribution is 5.90. The van der Waals surface area contributed by atoms with Crippen LogP contribution in [0, 0.1) is 19.7 Å². The number of nitrogens with one attached hydrogen (secondary N) is 1. The minimum Gasteiger partial charge on any atom is -0.324 e. The summed E-state index contributed by atoms with van der Waals surface area (Å²) >= 11 is 0. The Morgan fingerprint density at radius 3 is 2.62 bits per heavy atom. The van der Waals surface area contributed by atoms with Crippen LogP contribution >= 0.6 is 0 Å². The van der Waals surface area contributed by atoms with Gasteiger partial charge in [-0.05, 0) is 55.8 Å². The van der Waals surface area contributed by atoms with E-state index in [1.165, 1.54) is 35.1 Å². The van der Waals surface area contributed by atoms with Gasteiger partial charge < -0.3 is 5.32 Å². The number of hydrogen-bond acceptors (Lipinski definition) is 4. The first-order valence-corrected chi connectivity index (χ1v) is 8.99. The van der Waals surface area contributed by atoms with Gasteiger partial charge in [-0.1, -0.05) is 17.7 Å². The van der Waals surface area contributed by atoms with Crippen molar-refractivity contribution in [2.75, 3.05) is 5.32 Å². The highest BCUT2D eigenvalue weighted by Gasteiger charge is 2.13. The van der Waals surface area contributed by atoms with Crippen molar-refractivity contribution in [3.05, 3.63) is 82.2 Å². The Morgan fingerprint density at radius 1 is 1.10 bits per heavy atom. The van der Waals surface area contributed by atoms with Gasteiger partial charge in [0.1, 0.15) is 24.2 Å². The molecule has 0 fully saturated rings. The molecule has 7 nitrogen and oxygen atoms in total. The van der Waals surface area contributed by atoms with E-state index in [0.717, 1.165) is 21.4 Å². The van der Waals surface area contributed by atoms with E-state index in [9.17, 15) is 14.0 Å². The molecule has 2 aromatic carbocycles. The molecule has 29 heavy (non-hydrogen) atoms. The Balaban J connectivity index is 1.62. The van der Waals surface area contributed by atoms with Crippen LogP contribution in [-0.2, 0) is 11.3 Å². The molecular formula is C21H18FN5O2. The van der Waals surface area contributed by atoms with Gasteiger partial charge in [0, 0.05) is 11.3 Å². The maximum Gasteiger partial charge on any atom is 0.293 e. The molecule has 1 N–H and O–H groups in total. The second-order valence-electron chi connectivity index (χ2n) is 6.83. The topological polar surface area (TPSA) is 81.3 Å². The molecule has 2 heterocycles. The van der Waals surface area contributed by atoms with Gasteiger partial charge >= 0.3 is 0 Å². The molecule has 0 radical (unpaired) electrons. The van der Waals surface area contributed by atoms with Crippen molar-refractivity contribution in [2.45, 2.75) is 20.4 Å². The molecule has 1 amide bonds. The summed E-state index contributed by atoms with van der Waals surface area (Å²) in [5.74, 6) is -0.837. The van der Waals surface area contributed by atoms with Crippen LogP contribution in [0.25, 0.3) is 16.8 Å². The molecule has 0 unspecified atom stereocenters. The van der Waals surface area contributed by atoms with Crippen molar-refractivity contribution in [3.63, 3.8) is 0 Å². The molecule has 8 heteroatoms. The average Bonchev–Trinajstić information content (AvgIpc) is 3.13. The number of aromatic nitrogens is 4. The number of carbonyl (C=O) groups excluding carboxylic acids is 1. The van der Waals surface area contributed by atoms with Crippen molar-refractivity contribution in [1.29, 1.82) is 0 Å². The second kappa shape index (κ2) is 7.31. The fourth-order valence-corrected chi connectivity index (χ4v) is 3.06. The van der Waals surface area contributed by atoms with E-state index in [4.69, 9.17) is 0 Å². The monoisotopic (exact) mass is 391 g/mol. The fourth-order valence-electron chi connectivity index (χ4n) is 3.06. The van der Waals surface area contributed by atoms with Crippen molar-refractivity contribution >= 4 is 17.1 Å². The summed E-state index contributed by atoms with van der Waals surface area (Å²) in [4.78, 5) is 25.0. The number of nitrogens with zero attached hydrogens (tertiary/aromatic N) is 4. The Kier molecular flexibility index (Phi) is 4.67. The maximum absolute atomic E-state index is 13.0. The molecule has 0 aliphatic heterocycles. The molecule has 146 valence electrons. The van der Waals surface area contributed by atoms with Crippen LogP contribution in [0.1, 0.15) is 11.1 Å². The largest absolute Gasteiger partial charge is 0.324 e. The zero-order valence-electron chi connectivity index (χ0n) is 15.9. The minimum absolute atomic E-state index is 0.267. The highest BCUT2D eigenvalue weighted by atomic mass is 19.1. The van der Waals surface area contributed by atoms with Crippen LogP contribution in [0.5, 0.6) is 0 Å². The van der Waals surface area contributed by atoms with Crippen molar-refractivity contribution in [3.8, 4) is 11.3 Å². The number of hydrogen-bond donors (Lipinski definition) is 1. The van der Waals surface area contributed by atoms with E-state index in [2.05, 4.69) is 15.5 Å². The lowest BCUT2D eigenvalue weighted by atomic mass is 10.0. The summed E-state index contributed by atoms with van der Waals surface area (Å²) in [6, 6.07) is 13.1. The SMILES string of the molecule is Cc1ccc(C)c(-c2cc3c(=O)n(CC(=O)Nc4ccc(F)cc4)ncn3n2)c1. The molecule has 0 aliphatic rings.